The molecule has 0 radical (unpaired) electrons. The third-order valence-corrected chi connectivity index (χ3v) is 0.727. The predicted molar refractivity (Wildman–Crippen MR) is 55.3 cm³/mol. The van der Waals surface area contributed by atoms with Crippen molar-refractivity contribution in [2.24, 2.45) is 5.73 Å². The molecule has 114 valence electrons. The van der Waals surface area contributed by atoms with Gasteiger partial charge in [-0.15, -0.1) is 0 Å². The summed E-state index contributed by atoms with van der Waals surface area (Å²) in [6.07, 6.45) is 0. The molecule has 0 aliphatic carbocycles. The van der Waals surface area contributed by atoms with Crippen LogP contribution in [0.1, 0.15) is 0 Å². The Balaban J connectivity index is -0.0000000622. The van der Waals surface area contributed by atoms with Crippen molar-refractivity contribution in [3.05, 3.63) is 0 Å². The second-order valence-corrected chi connectivity index (χ2v) is 3.21. The van der Waals surface area contributed by atoms with E-state index in [0.717, 1.165) is 0 Å². The summed E-state index contributed by atoms with van der Waals surface area (Å²) in [5.41, 5.74) is 4.57. The summed E-state index contributed by atoms with van der Waals surface area (Å²) in [5.74, 6) is -3.09. The first kappa shape index (κ1) is 33.0. The molecule has 0 aromatic carbocycles. The Kier molecular flexibility index (Phi) is 31.7. The van der Waals surface area contributed by atoms with Gasteiger partial charge in [0.15, 0.2) is 0 Å². The van der Waals surface area contributed by atoms with Crippen LogP contribution in [0, 0.1) is 0 Å². The van der Waals surface area contributed by atoms with E-state index in [4.69, 9.17) is 32.8 Å². The van der Waals surface area contributed by atoms with E-state index in [1.165, 1.54) is 0 Å². The van der Waals surface area contributed by atoms with Crippen LogP contribution in [0.4, 0.5) is 0 Å². The standard InChI is InChI=1S/C4H7NO4.C2H5NO2.2Na.H2O4S/c6-3(7)1-5-2-4(8)9;3-1-2(4)5;;;1-5(2,3)4/h5H,1-2H2,(H,6,7)(H,8,9);1,3H2,(H,4,5);;;(H2,1,2,3,4)/q;;2*+1;/p-2. The summed E-state index contributed by atoms with van der Waals surface area (Å²) in [5, 5.41) is 25.7. The van der Waals surface area contributed by atoms with E-state index in [1.807, 2.05) is 0 Å². The molecule has 0 rings (SSSR count). The van der Waals surface area contributed by atoms with Crippen LogP contribution in [0.25, 0.3) is 0 Å². The molecular formula is C6H12N2Na2O10S. The first-order valence-corrected chi connectivity index (χ1v) is 5.46. The van der Waals surface area contributed by atoms with Crippen LogP contribution in [0.15, 0.2) is 0 Å². The summed E-state index contributed by atoms with van der Waals surface area (Å²) < 4.78 is 34.1. The maximum absolute atomic E-state index is 9.73. The van der Waals surface area contributed by atoms with Crippen molar-refractivity contribution in [3.63, 3.8) is 0 Å². The molecule has 0 spiro atoms. The van der Waals surface area contributed by atoms with Crippen molar-refractivity contribution in [1.29, 1.82) is 0 Å². The normalized spacial score (nSPS) is 8.33. The maximum atomic E-state index is 9.73. The minimum absolute atomic E-state index is 0. The Labute approximate surface area is 164 Å². The van der Waals surface area contributed by atoms with Gasteiger partial charge in [-0.1, -0.05) is 0 Å². The fourth-order valence-corrected chi connectivity index (χ4v) is 0.276. The zero-order valence-corrected chi connectivity index (χ0v) is 16.1. The molecule has 0 saturated heterocycles. The number of aliphatic carboxylic acids is 3. The van der Waals surface area contributed by atoms with Gasteiger partial charge in [0, 0.05) is 10.4 Å². The summed E-state index contributed by atoms with van der Waals surface area (Å²) in [6.45, 7) is -0.904. The zero-order valence-electron chi connectivity index (χ0n) is 11.3. The molecule has 0 aliphatic heterocycles. The largest absolute Gasteiger partial charge is 1.00 e. The molecule has 0 fully saturated rings. The summed E-state index contributed by atoms with van der Waals surface area (Å²) in [6, 6.07) is 0. The quantitative estimate of drug-likeness (QED) is 0.177. The van der Waals surface area contributed by atoms with E-state index in [-0.39, 0.29) is 78.7 Å². The van der Waals surface area contributed by atoms with Crippen molar-refractivity contribution in [2.45, 2.75) is 0 Å². The fourth-order valence-electron chi connectivity index (χ4n) is 0.276. The van der Waals surface area contributed by atoms with Gasteiger partial charge in [0.1, 0.15) is 0 Å². The zero-order chi connectivity index (χ0) is 16.1. The molecule has 0 aromatic rings. The molecule has 0 saturated carbocycles. The van der Waals surface area contributed by atoms with Crippen molar-refractivity contribution in [2.75, 3.05) is 19.6 Å². The van der Waals surface area contributed by atoms with Gasteiger partial charge in [0.05, 0.1) is 19.6 Å². The van der Waals surface area contributed by atoms with E-state index in [0.29, 0.717) is 0 Å². The van der Waals surface area contributed by atoms with Crippen molar-refractivity contribution >= 4 is 28.3 Å². The Bertz CT molecular complexity index is 365. The summed E-state index contributed by atoms with van der Waals surface area (Å²) >= 11 is 0. The predicted octanol–water partition coefficient (Wildman–Crippen LogP) is -9.56. The SMILES string of the molecule is NCC(=O)O.O=C(O)CNCC(=O)O.O=S(=O)([O-])[O-].[Na+].[Na+]. The van der Waals surface area contributed by atoms with Gasteiger partial charge >= 0.3 is 77.0 Å². The van der Waals surface area contributed by atoms with E-state index in [2.05, 4.69) is 11.1 Å². The van der Waals surface area contributed by atoms with Crippen LogP contribution in [0.3, 0.4) is 0 Å². The van der Waals surface area contributed by atoms with Gasteiger partial charge in [-0.3, -0.25) is 28.1 Å². The number of hydrogen-bond donors (Lipinski definition) is 5. The Morgan fingerprint density at radius 2 is 1.10 bits per heavy atom. The fraction of sp³-hybridized carbons (Fsp3) is 0.500. The third-order valence-electron chi connectivity index (χ3n) is 0.727. The van der Waals surface area contributed by atoms with E-state index >= 15 is 0 Å². The van der Waals surface area contributed by atoms with E-state index in [1.54, 1.807) is 0 Å². The number of rotatable bonds is 5. The average Bonchev–Trinajstić information content (AvgIpc) is 2.14. The number of carboxylic acid groups (broad SMARTS) is 3. The first-order valence-electron chi connectivity index (χ1n) is 4.13. The van der Waals surface area contributed by atoms with Crippen LogP contribution in [-0.4, -0.2) is 70.4 Å². The van der Waals surface area contributed by atoms with Crippen LogP contribution in [0.2, 0.25) is 0 Å². The molecule has 0 unspecified atom stereocenters. The van der Waals surface area contributed by atoms with Gasteiger partial charge in [0.2, 0.25) is 0 Å². The molecule has 12 nitrogen and oxygen atoms in total. The summed E-state index contributed by atoms with van der Waals surface area (Å²) in [7, 11) is -5.17. The van der Waals surface area contributed by atoms with Crippen molar-refractivity contribution in [1.82, 2.24) is 5.32 Å². The minimum atomic E-state index is -5.17. The molecule has 0 atom stereocenters. The number of carboxylic acids is 3. The van der Waals surface area contributed by atoms with Crippen LogP contribution >= 0.6 is 0 Å². The second kappa shape index (κ2) is 20.2. The molecule has 0 aromatic heterocycles. The molecule has 15 heteroatoms. The maximum Gasteiger partial charge on any atom is 1.00 e. The van der Waals surface area contributed by atoms with Gasteiger partial charge < -0.3 is 30.2 Å². The third kappa shape index (κ3) is 99.5. The van der Waals surface area contributed by atoms with Gasteiger partial charge in [0.25, 0.3) is 0 Å². The molecule has 0 heterocycles. The molecule has 0 bridgehead atoms. The number of nitrogens with two attached hydrogens (primary N) is 1. The smallest absolute Gasteiger partial charge is 0.759 e. The molecule has 0 aliphatic rings. The Morgan fingerprint density at radius 1 is 0.905 bits per heavy atom. The minimum Gasteiger partial charge on any atom is -0.759 e. The van der Waals surface area contributed by atoms with Gasteiger partial charge in [-0.2, -0.15) is 0 Å². The van der Waals surface area contributed by atoms with E-state index < -0.39 is 28.3 Å². The topological polar surface area (TPSA) is 230 Å². The number of nitrogens with one attached hydrogen (secondary N) is 1. The van der Waals surface area contributed by atoms with Crippen molar-refractivity contribution in [3.8, 4) is 0 Å². The monoisotopic (exact) mass is 350 g/mol. The number of carbonyl (C=O) groups is 3. The Morgan fingerprint density at radius 3 is 1.19 bits per heavy atom. The summed E-state index contributed by atoms with van der Waals surface area (Å²) in [4.78, 5) is 28.7. The Hall–Kier alpha value is 0.200. The van der Waals surface area contributed by atoms with E-state index in [9.17, 15) is 14.4 Å². The molecular weight excluding hydrogens is 338 g/mol. The van der Waals surface area contributed by atoms with Crippen LogP contribution in [-0.2, 0) is 24.8 Å². The van der Waals surface area contributed by atoms with Crippen molar-refractivity contribution < 1.29 is 106 Å². The second-order valence-electron chi connectivity index (χ2n) is 2.40. The molecule has 21 heavy (non-hydrogen) atoms. The van der Waals surface area contributed by atoms with Crippen LogP contribution < -0.4 is 70.2 Å². The molecule has 0 amide bonds. The van der Waals surface area contributed by atoms with Crippen LogP contribution in [0.5, 0.6) is 0 Å². The first-order chi connectivity index (χ1) is 8.40. The van der Waals surface area contributed by atoms with Gasteiger partial charge in [-0.25, -0.2) is 0 Å². The van der Waals surface area contributed by atoms with Gasteiger partial charge in [-0.05, 0) is 0 Å². The molecule has 6 N–H and O–H groups in total. The number of hydrogen-bond acceptors (Lipinski definition) is 9. The average molecular weight is 350 g/mol.